The van der Waals surface area contributed by atoms with Crippen LogP contribution < -0.4 is 0 Å². The van der Waals surface area contributed by atoms with Crippen LogP contribution in [-0.2, 0) is 6.42 Å². The molecule has 0 saturated heterocycles. The van der Waals surface area contributed by atoms with E-state index >= 15 is 0 Å². The first kappa shape index (κ1) is 13.6. The zero-order valence-corrected chi connectivity index (χ0v) is 12.2. The van der Waals surface area contributed by atoms with Gasteiger partial charge in [0.1, 0.15) is 0 Å². The van der Waals surface area contributed by atoms with E-state index in [-0.39, 0.29) is 6.10 Å². The molecule has 2 aromatic rings. The molecule has 2 rings (SSSR count). The topological polar surface area (TPSA) is 33.1 Å². The van der Waals surface area contributed by atoms with Crippen LogP contribution in [0.2, 0.25) is 0 Å². The molecule has 1 aromatic carbocycles. The monoisotopic (exact) mass is 279 g/mol. The molecule has 0 bridgehead atoms. The molecule has 18 heavy (non-hydrogen) atoms. The zero-order valence-electron chi connectivity index (χ0n) is 10.6. The largest absolute Gasteiger partial charge is 0.392 e. The first-order chi connectivity index (χ1) is 8.63. The Kier molecular flexibility index (Phi) is 4.80. The Labute approximate surface area is 116 Å². The number of rotatable bonds is 5. The first-order valence-corrected chi connectivity index (χ1v) is 7.78. The molecule has 1 unspecified atom stereocenters. The van der Waals surface area contributed by atoms with Gasteiger partial charge in [0.05, 0.1) is 11.1 Å². The predicted molar refractivity (Wildman–Crippen MR) is 78.5 cm³/mol. The van der Waals surface area contributed by atoms with Gasteiger partial charge in [0.2, 0.25) is 0 Å². The molecule has 0 radical (unpaired) electrons. The van der Waals surface area contributed by atoms with E-state index in [0.717, 1.165) is 10.7 Å². The van der Waals surface area contributed by atoms with Gasteiger partial charge in [0, 0.05) is 28.1 Å². The van der Waals surface area contributed by atoms with Crippen molar-refractivity contribution >= 4 is 23.1 Å². The minimum Gasteiger partial charge on any atom is -0.392 e. The number of thiazole rings is 1. The quantitative estimate of drug-likeness (QED) is 0.851. The molecule has 0 fully saturated rings. The summed E-state index contributed by atoms with van der Waals surface area (Å²) >= 11 is 3.31. The number of hydrogen-bond acceptors (Lipinski definition) is 4. The number of aliphatic hydroxyl groups excluding tert-OH is 1. The lowest BCUT2D eigenvalue weighted by molar-refractivity contribution is 0.200. The highest BCUT2D eigenvalue weighted by Gasteiger charge is 2.09. The highest BCUT2D eigenvalue weighted by atomic mass is 32.2. The zero-order chi connectivity index (χ0) is 13.0. The van der Waals surface area contributed by atoms with Gasteiger partial charge in [-0.25, -0.2) is 4.98 Å². The summed E-state index contributed by atoms with van der Waals surface area (Å²) in [7, 11) is 0. The minimum absolute atomic E-state index is 0.332. The molecule has 0 aliphatic rings. The van der Waals surface area contributed by atoms with E-state index < -0.39 is 0 Å². The average molecular weight is 279 g/mol. The van der Waals surface area contributed by atoms with Crippen LogP contribution in [0.4, 0.5) is 0 Å². The van der Waals surface area contributed by atoms with Crippen LogP contribution >= 0.6 is 23.1 Å². The van der Waals surface area contributed by atoms with Gasteiger partial charge in [-0.05, 0) is 26.0 Å². The van der Waals surface area contributed by atoms with E-state index in [9.17, 15) is 5.11 Å². The van der Waals surface area contributed by atoms with Gasteiger partial charge in [-0.1, -0.05) is 17.7 Å². The van der Waals surface area contributed by atoms with Gasteiger partial charge in [0.15, 0.2) is 0 Å². The fourth-order valence-corrected chi connectivity index (χ4v) is 3.26. The average Bonchev–Trinajstić information content (AvgIpc) is 2.74. The number of aromatic nitrogens is 1. The van der Waals surface area contributed by atoms with E-state index in [2.05, 4.69) is 36.2 Å². The summed E-state index contributed by atoms with van der Waals surface area (Å²) < 4.78 is 0. The summed E-state index contributed by atoms with van der Waals surface area (Å²) in [6, 6.07) is 8.39. The smallest absolute Gasteiger partial charge is 0.0954 e. The summed E-state index contributed by atoms with van der Waals surface area (Å²) in [6.07, 6.45) is 0.319. The number of benzene rings is 1. The van der Waals surface area contributed by atoms with Crippen molar-refractivity contribution in [2.45, 2.75) is 31.3 Å². The summed E-state index contributed by atoms with van der Waals surface area (Å²) in [5.41, 5.74) is 2.30. The van der Waals surface area contributed by atoms with Crippen LogP contribution in [0.25, 0.3) is 0 Å². The Bertz CT molecular complexity index is 493. The molecular formula is C14H17NOS2. The molecule has 0 saturated carbocycles. The number of thioether (sulfide) groups is 1. The summed E-state index contributed by atoms with van der Waals surface area (Å²) in [6.45, 7) is 4.06. The number of nitrogens with zero attached hydrogens (tertiary/aromatic N) is 1. The van der Waals surface area contributed by atoms with Gasteiger partial charge in [-0.15, -0.1) is 23.1 Å². The third kappa shape index (κ3) is 4.12. The van der Waals surface area contributed by atoms with Crippen LogP contribution in [-0.4, -0.2) is 21.9 Å². The molecule has 0 spiro atoms. The van der Waals surface area contributed by atoms with E-state index in [4.69, 9.17) is 0 Å². The maximum atomic E-state index is 9.97. The molecule has 2 nitrogen and oxygen atoms in total. The molecule has 0 aliphatic carbocycles. The molecule has 1 atom stereocenters. The highest BCUT2D eigenvalue weighted by Crippen LogP contribution is 2.21. The summed E-state index contributed by atoms with van der Waals surface area (Å²) in [5.74, 6) is 0.710. The fraction of sp³-hybridized carbons (Fsp3) is 0.357. The second kappa shape index (κ2) is 6.36. The Hall–Kier alpha value is -0.840. The summed E-state index contributed by atoms with van der Waals surface area (Å²) in [4.78, 5) is 5.57. The third-order valence-electron chi connectivity index (χ3n) is 2.54. The van der Waals surface area contributed by atoms with Gasteiger partial charge >= 0.3 is 0 Å². The summed E-state index contributed by atoms with van der Waals surface area (Å²) in [5, 5.41) is 13.0. The van der Waals surface area contributed by atoms with Crippen molar-refractivity contribution in [3.05, 3.63) is 45.9 Å². The molecule has 1 heterocycles. The lowest BCUT2D eigenvalue weighted by Crippen LogP contribution is -2.13. The third-order valence-corrected chi connectivity index (χ3v) is 4.69. The normalized spacial score (nSPS) is 12.6. The maximum absolute atomic E-state index is 9.97. The first-order valence-electron chi connectivity index (χ1n) is 5.92. The fourth-order valence-electron chi connectivity index (χ4n) is 1.58. The molecule has 1 aromatic heterocycles. The molecular weight excluding hydrogens is 262 g/mol. The van der Waals surface area contributed by atoms with Crippen molar-refractivity contribution in [3.63, 3.8) is 0 Å². The van der Waals surface area contributed by atoms with E-state index in [1.54, 1.807) is 23.1 Å². The van der Waals surface area contributed by atoms with Crippen molar-refractivity contribution in [2.75, 3.05) is 5.75 Å². The second-order valence-corrected chi connectivity index (χ2v) is 6.40. The molecule has 4 heteroatoms. The van der Waals surface area contributed by atoms with E-state index in [1.165, 1.54) is 10.5 Å². The van der Waals surface area contributed by atoms with Crippen LogP contribution in [0.3, 0.4) is 0 Å². The predicted octanol–water partition coefficient (Wildman–Crippen LogP) is 3.46. The Morgan fingerprint density at radius 1 is 1.28 bits per heavy atom. The van der Waals surface area contributed by atoms with E-state index in [1.807, 2.05) is 12.3 Å². The van der Waals surface area contributed by atoms with E-state index in [0.29, 0.717) is 12.2 Å². The lowest BCUT2D eigenvalue weighted by Gasteiger charge is -2.08. The van der Waals surface area contributed by atoms with Crippen LogP contribution in [0.1, 0.15) is 16.3 Å². The van der Waals surface area contributed by atoms with Crippen LogP contribution in [0.15, 0.2) is 34.5 Å². The lowest BCUT2D eigenvalue weighted by atomic mass is 10.2. The van der Waals surface area contributed by atoms with Crippen molar-refractivity contribution in [1.29, 1.82) is 0 Å². The number of aliphatic hydroxyl groups is 1. The Morgan fingerprint density at radius 3 is 2.61 bits per heavy atom. The molecule has 1 N–H and O–H groups in total. The van der Waals surface area contributed by atoms with Crippen LogP contribution in [0, 0.1) is 13.8 Å². The van der Waals surface area contributed by atoms with Crippen molar-refractivity contribution < 1.29 is 5.11 Å². The standard InChI is InChI=1S/C14H17NOS2/c1-10-3-5-13(6-4-10)17-9-12(16)7-14-15-11(2)8-18-14/h3-6,8,12,16H,7,9H2,1-2H3. The van der Waals surface area contributed by atoms with Crippen molar-refractivity contribution in [3.8, 4) is 0 Å². The second-order valence-electron chi connectivity index (χ2n) is 4.36. The molecule has 0 aliphatic heterocycles. The van der Waals surface area contributed by atoms with Gasteiger partial charge in [0.25, 0.3) is 0 Å². The van der Waals surface area contributed by atoms with Crippen molar-refractivity contribution in [1.82, 2.24) is 4.98 Å². The van der Waals surface area contributed by atoms with Gasteiger partial charge in [-0.2, -0.15) is 0 Å². The number of hydrogen-bond donors (Lipinski definition) is 1. The number of aryl methyl sites for hydroxylation is 2. The highest BCUT2D eigenvalue weighted by molar-refractivity contribution is 7.99. The maximum Gasteiger partial charge on any atom is 0.0954 e. The van der Waals surface area contributed by atoms with Crippen LogP contribution in [0.5, 0.6) is 0 Å². The Balaban J connectivity index is 1.81. The van der Waals surface area contributed by atoms with Crippen molar-refractivity contribution in [2.24, 2.45) is 0 Å². The Morgan fingerprint density at radius 2 is 2.00 bits per heavy atom. The van der Waals surface area contributed by atoms with Gasteiger partial charge in [-0.3, -0.25) is 0 Å². The minimum atomic E-state index is -0.332. The van der Waals surface area contributed by atoms with Gasteiger partial charge < -0.3 is 5.11 Å². The molecule has 0 amide bonds. The molecule has 96 valence electrons. The SMILES string of the molecule is Cc1ccc(SCC(O)Cc2nc(C)cs2)cc1.